The molecule has 0 rings (SSSR count). The van der Waals surface area contributed by atoms with Crippen LogP contribution in [0.1, 0.15) is 19.3 Å². The van der Waals surface area contributed by atoms with Gasteiger partial charge in [0.15, 0.2) is 0 Å². The molecule has 0 unspecified atom stereocenters. The number of nitrogens with two attached hydrogens (primary N) is 1. The lowest BCUT2D eigenvalue weighted by Crippen LogP contribution is -2.29. The molecule has 0 aromatic heterocycles. The van der Waals surface area contributed by atoms with E-state index in [1.165, 1.54) is 0 Å². The molecule has 0 aliphatic carbocycles. The lowest BCUT2D eigenvalue weighted by molar-refractivity contribution is -0.117. The molecule has 0 saturated carbocycles. The van der Waals surface area contributed by atoms with Gasteiger partial charge >= 0.3 is 0 Å². The summed E-state index contributed by atoms with van der Waals surface area (Å²) in [6.45, 7) is 0.983. The van der Waals surface area contributed by atoms with E-state index in [1.807, 2.05) is 6.07 Å². The van der Waals surface area contributed by atoms with Crippen LogP contribution < -0.4 is 11.1 Å². The quantitative estimate of drug-likeness (QED) is 0.519. The van der Waals surface area contributed by atoms with Gasteiger partial charge in [-0.05, 0) is 19.4 Å². The minimum absolute atomic E-state index is 0.229. The number of unbranched alkanes of at least 4 members (excludes halogenated alkanes) is 2. The fourth-order valence-corrected chi connectivity index (χ4v) is 0.666. The van der Waals surface area contributed by atoms with Gasteiger partial charge in [0.2, 0.25) is 5.91 Å². The van der Waals surface area contributed by atoms with Gasteiger partial charge in [-0.2, -0.15) is 5.26 Å². The van der Waals surface area contributed by atoms with Crippen molar-refractivity contribution in [3.05, 3.63) is 0 Å². The third kappa shape index (κ3) is 8.92. The zero-order chi connectivity index (χ0) is 8.53. The molecule has 1 amide bonds. The number of nitrogens with one attached hydrogen (secondary N) is 1. The van der Waals surface area contributed by atoms with Crippen LogP contribution in [0.3, 0.4) is 0 Å². The molecular formula is C7H13N3O. The maximum absolute atomic E-state index is 10.2. The SMILES string of the molecule is N#CCCCCNCC(N)=O. The van der Waals surface area contributed by atoms with Crippen molar-refractivity contribution in [1.82, 2.24) is 5.32 Å². The molecular weight excluding hydrogens is 142 g/mol. The molecule has 0 radical (unpaired) electrons. The largest absolute Gasteiger partial charge is 0.369 e. The zero-order valence-electron chi connectivity index (χ0n) is 6.47. The number of nitriles is 1. The Hall–Kier alpha value is -1.08. The second-order valence-electron chi connectivity index (χ2n) is 2.26. The predicted molar refractivity (Wildman–Crippen MR) is 41.5 cm³/mol. The fourth-order valence-electron chi connectivity index (χ4n) is 0.666. The van der Waals surface area contributed by atoms with E-state index >= 15 is 0 Å². The third-order valence-corrected chi connectivity index (χ3v) is 1.19. The van der Waals surface area contributed by atoms with Crippen molar-refractivity contribution in [2.75, 3.05) is 13.1 Å². The first-order valence-corrected chi connectivity index (χ1v) is 3.63. The van der Waals surface area contributed by atoms with Crippen molar-refractivity contribution < 1.29 is 4.79 Å². The summed E-state index contributed by atoms with van der Waals surface area (Å²) in [6.07, 6.45) is 2.38. The molecule has 0 aromatic rings. The summed E-state index contributed by atoms with van der Waals surface area (Å²) in [5.41, 5.74) is 4.88. The minimum Gasteiger partial charge on any atom is -0.369 e. The van der Waals surface area contributed by atoms with Crippen molar-refractivity contribution in [3.8, 4) is 6.07 Å². The molecule has 0 aromatic carbocycles. The Labute approximate surface area is 66.4 Å². The number of hydrogen-bond donors (Lipinski definition) is 2. The second-order valence-corrected chi connectivity index (χ2v) is 2.26. The van der Waals surface area contributed by atoms with Gasteiger partial charge in [0, 0.05) is 6.42 Å². The highest BCUT2D eigenvalue weighted by atomic mass is 16.1. The maximum Gasteiger partial charge on any atom is 0.231 e. The molecule has 11 heavy (non-hydrogen) atoms. The Morgan fingerprint density at radius 1 is 1.55 bits per heavy atom. The van der Waals surface area contributed by atoms with Crippen LogP contribution in [-0.4, -0.2) is 19.0 Å². The van der Waals surface area contributed by atoms with Crippen LogP contribution in [-0.2, 0) is 4.79 Å². The number of carbonyl (C=O) groups is 1. The predicted octanol–water partition coefficient (Wildman–Crippen LogP) is -0.245. The van der Waals surface area contributed by atoms with Gasteiger partial charge in [-0.25, -0.2) is 0 Å². The smallest absolute Gasteiger partial charge is 0.231 e. The van der Waals surface area contributed by atoms with Crippen LogP contribution in [0.5, 0.6) is 0 Å². The van der Waals surface area contributed by atoms with Crippen LogP contribution in [0.2, 0.25) is 0 Å². The Bertz CT molecular complexity index is 150. The van der Waals surface area contributed by atoms with Crippen LogP contribution in [0.15, 0.2) is 0 Å². The van der Waals surface area contributed by atoms with Crippen molar-refractivity contribution in [3.63, 3.8) is 0 Å². The molecule has 0 heterocycles. The van der Waals surface area contributed by atoms with Crippen molar-refractivity contribution >= 4 is 5.91 Å². The molecule has 0 fully saturated rings. The molecule has 0 bridgehead atoms. The van der Waals surface area contributed by atoms with Gasteiger partial charge in [-0.15, -0.1) is 0 Å². The van der Waals surface area contributed by atoms with E-state index in [0.717, 1.165) is 19.4 Å². The minimum atomic E-state index is -0.342. The number of rotatable bonds is 6. The number of amides is 1. The normalized spacial score (nSPS) is 9.00. The number of hydrogen-bond acceptors (Lipinski definition) is 3. The lowest BCUT2D eigenvalue weighted by Gasteiger charge is -1.98. The summed E-state index contributed by atoms with van der Waals surface area (Å²) in [6, 6.07) is 2.05. The molecule has 3 N–H and O–H groups in total. The van der Waals surface area contributed by atoms with Crippen LogP contribution in [0.25, 0.3) is 0 Å². The summed E-state index contributed by atoms with van der Waals surface area (Å²) in [4.78, 5) is 10.2. The second kappa shape index (κ2) is 7.03. The maximum atomic E-state index is 10.2. The zero-order valence-corrected chi connectivity index (χ0v) is 6.47. The average Bonchev–Trinajstić information content (AvgIpc) is 1.96. The van der Waals surface area contributed by atoms with Crippen molar-refractivity contribution in [1.29, 1.82) is 5.26 Å². The summed E-state index contributed by atoms with van der Waals surface area (Å²) in [7, 11) is 0. The Morgan fingerprint density at radius 3 is 2.82 bits per heavy atom. The van der Waals surface area contributed by atoms with Crippen LogP contribution in [0.4, 0.5) is 0 Å². The van der Waals surface area contributed by atoms with E-state index in [1.54, 1.807) is 0 Å². The highest BCUT2D eigenvalue weighted by molar-refractivity contribution is 5.75. The van der Waals surface area contributed by atoms with E-state index in [9.17, 15) is 4.79 Å². The topological polar surface area (TPSA) is 78.9 Å². The fraction of sp³-hybridized carbons (Fsp3) is 0.714. The molecule has 62 valence electrons. The first-order chi connectivity index (χ1) is 5.27. The van der Waals surface area contributed by atoms with Gasteiger partial charge < -0.3 is 11.1 Å². The van der Waals surface area contributed by atoms with Gasteiger partial charge in [0.1, 0.15) is 0 Å². The van der Waals surface area contributed by atoms with E-state index in [4.69, 9.17) is 11.0 Å². The van der Waals surface area contributed by atoms with Gasteiger partial charge in [-0.3, -0.25) is 4.79 Å². The summed E-state index contributed by atoms with van der Waals surface area (Å²) in [5.74, 6) is -0.342. The first kappa shape index (κ1) is 9.92. The molecule has 0 aliphatic heterocycles. The molecule has 4 nitrogen and oxygen atoms in total. The van der Waals surface area contributed by atoms with Crippen LogP contribution >= 0.6 is 0 Å². The lowest BCUT2D eigenvalue weighted by atomic mass is 10.2. The van der Waals surface area contributed by atoms with Crippen molar-refractivity contribution in [2.24, 2.45) is 5.73 Å². The van der Waals surface area contributed by atoms with E-state index < -0.39 is 0 Å². The van der Waals surface area contributed by atoms with E-state index in [2.05, 4.69) is 5.32 Å². The van der Waals surface area contributed by atoms with Crippen LogP contribution in [0, 0.1) is 11.3 Å². The molecule has 0 atom stereocenters. The van der Waals surface area contributed by atoms with Gasteiger partial charge in [0.05, 0.1) is 12.6 Å². The summed E-state index contributed by atoms with van der Waals surface area (Å²) in [5, 5.41) is 11.0. The highest BCUT2D eigenvalue weighted by Crippen LogP contribution is 1.90. The molecule has 4 heteroatoms. The Kier molecular flexibility index (Phi) is 6.34. The number of nitrogens with zero attached hydrogens (tertiary/aromatic N) is 1. The number of primary amides is 1. The standard InChI is InChI=1S/C7H13N3O/c8-4-2-1-3-5-10-6-7(9)11/h10H,1-3,5-6H2,(H2,9,11). The molecule has 0 aliphatic rings. The van der Waals surface area contributed by atoms with E-state index in [0.29, 0.717) is 6.42 Å². The third-order valence-electron chi connectivity index (χ3n) is 1.19. The number of carbonyl (C=O) groups excluding carboxylic acids is 1. The summed E-state index contributed by atoms with van der Waals surface area (Å²) >= 11 is 0. The summed E-state index contributed by atoms with van der Waals surface area (Å²) < 4.78 is 0. The highest BCUT2D eigenvalue weighted by Gasteiger charge is 1.91. The Balaban J connectivity index is 2.92. The Morgan fingerprint density at radius 2 is 2.27 bits per heavy atom. The first-order valence-electron chi connectivity index (χ1n) is 3.63. The van der Waals surface area contributed by atoms with Gasteiger partial charge in [0.25, 0.3) is 0 Å². The average molecular weight is 155 g/mol. The monoisotopic (exact) mass is 155 g/mol. The molecule has 0 spiro atoms. The van der Waals surface area contributed by atoms with Gasteiger partial charge in [-0.1, -0.05) is 0 Å². The van der Waals surface area contributed by atoms with E-state index in [-0.39, 0.29) is 12.5 Å². The van der Waals surface area contributed by atoms with Crippen molar-refractivity contribution in [2.45, 2.75) is 19.3 Å². The molecule has 0 saturated heterocycles.